The first-order chi connectivity index (χ1) is 13.2. The van der Waals surface area contributed by atoms with Crippen molar-refractivity contribution >= 4 is 18.0 Å². The van der Waals surface area contributed by atoms with E-state index >= 15 is 0 Å². The highest BCUT2D eigenvalue weighted by molar-refractivity contribution is 7.99. The minimum absolute atomic E-state index is 0.624. The second-order valence-corrected chi connectivity index (χ2v) is 7.22. The molecule has 140 valence electrons. The maximum Gasteiger partial charge on any atom is 0.191 e. The molecule has 3 rings (SSSR count). The van der Waals surface area contributed by atoms with E-state index in [1.807, 2.05) is 12.1 Å². The van der Waals surface area contributed by atoms with Gasteiger partial charge in [-0.15, -0.1) is 10.2 Å². The van der Waals surface area contributed by atoms with E-state index in [0.717, 1.165) is 47.3 Å². The van der Waals surface area contributed by atoms with Crippen molar-refractivity contribution in [2.75, 3.05) is 12.4 Å². The standard InChI is InChI=1S/C21H23N3O2S/c1-3-24-20(18-9-5-16(2)6-10-18)22-23-21(24)27-14-4-13-26-19-11-7-17(15-25)8-12-19/h5-12,15H,3-4,13-14H2,1-2H3. The highest BCUT2D eigenvalue weighted by atomic mass is 32.2. The predicted molar refractivity (Wildman–Crippen MR) is 109 cm³/mol. The number of carbonyl (C=O) groups excluding carboxylic acids is 1. The molecule has 0 N–H and O–H groups in total. The van der Waals surface area contributed by atoms with E-state index in [-0.39, 0.29) is 0 Å². The summed E-state index contributed by atoms with van der Waals surface area (Å²) in [5.41, 5.74) is 2.97. The number of aldehydes is 1. The van der Waals surface area contributed by atoms with Crippen LogP contribution in [0.25, 0.3) is 11.4 Å². The van der Waals surface area contributed by atoms with Gasteiger partial charge in [-0.2, -0.15) is 0 Å². The van der Waals surface area contributed by atoms with Crippen molar-refractivity contribution in [2.45, 2.75) is 32.0 Å². The Morgan fingerprint density at radius 3 is 2.48 bits per heavy atom. The van der Waals surface area contributed by atoms with Crippen LogP contribution in [0.1, 0.15) is 29.3 Å². The average molecular weight is 382 g/mol. The van der Waals surface area contributed by atoms with Crippen molar-refractivity contribution < 1.29 is 9.53 Å². The molecule has 5 nitrogen and oxygen atoms in total. The maximum atomic E-state index is 10.7. The molecule has 0 saturated carbocycles. The number of aryl methyl sites for hydroxylation is 1. The zero-order chi connectivity index (χ0) is 19.1. The normalized spacial score (nSPS) is 10.7. The molecule has 0 unspecified atom stereocenters. The second kappa shape index (κ2) is 9.37. The first kappa shape index (κ1) is 19.2. The van der Waals surface area contributed by atoms with Crippen molar-refractivity contribution in [2.24, 2.45) is 0 Å². The maximum absolute atomic E-state index is 10.7. The van der Waals surface area contributed by atoms with Crippen LogP contribution in [-0.2, 0) is 6.54 Å². The summed E-state index contributed by atoms with van der Waals surface area (Å²) >= 11 is 1.69. The lowest BCUT2D eigenvalue weighted by Gasteiger charge is -2.08. The van der Waals surface area contributed by atoms with Gasteiger partial charge in [-0.05, 0) is 44.5 Å². The Labute approximate surface area is 163 Å². The molecule has 0 aliphatic carbocycles. The molecule has 3 aromatic rings. The van der Waals surface area contributed by atoms with Crippen molar-refractivity contribution in [1.82, 2.24) is 14.8 Å². The molecule has 2 aromatic carbocycles. The van der Waals surface area contributed by atoms with E-state index in [0.29, 0.717) is 12.2 Å². The molecule has 1 heterocycles. The van der Waals surface area contributed by atoms with Gasteiger partial charge in [0.1, 0.15) is 12.0 Å². The minimum atomic E-state index is 0.624. The van der Waals surface area contributed by atoms with Gasteiger partial charge in [-0.1, -0.05) is 41.6 Å². The number of rotatable bonds is 9. The largest absolute Gasteiger partial charge is 0.494 e. The van der Waals surface area contributed by atoms with Crippen molar-refractivity contribution in [3.8, 4) is 17.1 Å². The molecule has 0 atom stereocenters. The Hall–Kier alpha value is -2.60. The van der Waals surface area contributed by atoms with Gasteiger partial charge in [0.25, 0.3) is 0 Å². The van der Waals surface area contributed by atoms with Gasteiger partial charge in [0.05, 0.1) is 6.61 Å². The fraction of sp³-hybridized carbons (Fsp3) is 0.286. The Morgan fingerprint density at radius 2 is 1.81 bits per heavy atom. The number of hydrogen-bond acceptors (Lipinski definition) is 5. The number of ether oxygens (including phenoxy) is 1. The fourth-order valence-electron chi connectivity index (χ4n) is 2.65. The van der Waals surface area contributed by atoms with Gasteiger partial charge in [-0.3, -0.25) is 4.79 Å². The third-order valence-corrected chi connectivity index (χ3v) is 5.20. The first-order valence-electron chi connectivity index (χ1n) is 9.02. The summed E-state index contributed by atoms with van der Waals surface area (Å²) in [5.74, 6) is 2.59. The van der Waals surface area contributed by atoms with Crippen LogP contribution in [0, 0.1) is 6.92 Å². The zero-order valence-corrected chi connectivity index (χ0v) is 16.4. The minimum Gasteiger partial charge on any atom is -0.494 e. The molecule has 6 heteroatoms. The Kier molecular flexibility index (Phi) is 6.65. The summed E-state index contributed by atoms with van der Waals surface area (Å²) in [4.78, 5) is 10.7. The van der Waals surface area contributed by atoms with Crippen molar-refractivity contribution in [3.63, 3.8) is 0 Å². The second-order valence-electron chi connectivity index (χ2n) is 6.15. The zero-order valence-electron chi connectivity index (χ0n) is 15.6. The molecule has 0 radical (unpaired) electrons. The smallest absolute Gasteiger partial charge is 0.191 e. The van der Waals surface area contributed by atoms with Gasteiger partial charge in [0, 0.05) is 23.4 Å². The number of benzene rings is 2. The molecular formula is C21H23N3O2S. The average Bonchev–Trinajstić information content (AvgIpc) is 3.11. The van der Waals surface area contributed by atoms with E-state index in [1.165, 1.54) is 5.56 Å². The molecular weight excluding hydrogens is 358 g/mol. The van der Waals surface area contributed by atoms with Crippen molar-refractivity contribution in [3.05, 3.63) is 59.7 Å². The van der Waals surface area contributed by atoms with Crippen LogP contribution in [0.3, 0.4) is 0 Å². The highest BCUT2D eigenvalue weighted by Crippen LogP contribution is 2.24. The van der Waals surface area contributed by atoms with Crippen LogP contribution in [-0.4, -0.2) is 33.4 Å². The number of aromatic nitrogens is 3. The third kappa shape index (κ3) is 4.98. The van der Waals surface area contributed by atoms with Gasteiger partial charge in [0.2, 0.25) is 0 Å². The van der Waals surface area contributed by atoms with E-state index in [1.54, 1.807) is 23.9 Å². The third-order valence-electron chi connectivity index (χ3n) is 4.15. The quantitative estimate of drug-likeness (QED) is 0.307. The number of carbonyl (C=O) groups is 1. The van der Waals surface area contributed by atoms with Crippen LogP contribution < -0.4 is 4.74 Å². The van der Waals surface area contributed by atoms with Crippen LogP contribution >= 0.6 is 11.8 Å². The van der Waals surface area contributed by atoms with Gasteiger partial charge < -0.3 is 9.30 Å². The van der Waals surface area contributed by atoms with E-state index < -0.39 is 0 Å². The first-order valence-corrected chi connectivity index (χ1v) is 10.0. The van der Waals surface area contributed by atoms with Crippen molar-refractivity contribution in [1.29, 1.82) is 0 Å². The highest BCUT2D eigenvalue weighted by Gasteiger charge is 2.12. The Morgan fingerprint density at radius 1 is 1.07 bits per heavy atom. The molecule has 0 bridgehead atoms. The fourth-order valence-corrected chi connectivity index (χ4v) is 3.57. The number of nitrogens with zero attached hydrogens (tertiary/aromatic N) is 3. The lowest BCUT2D eigenvalue weighted by Crippen LogP contribution is -2.02. The number of thioether (sulfide) groups is 1. The molecule has 0 amide bonds. The Balaban J connectivity index is 1.52. The van der Waals surface area contributed by atoms with Gasteiger partial charge in [0.15, 0.2) is 11.0 Å². The van der Waals surface area contributed by atoms with Gasteiger partial charge >= 0.3 is 0 Å². The summed E-state index contributed by atoms with van der Waals surface area (Å²) < 4.78 is 7.86. The van der Waals surface area contributed by atoms with Crippen LogP contribution in [0.4, 0.5) is 0 Å². The van der Waals surface area contributed by atoms with Crippen LogP contribution in [0.5, 0.6) is 5.75 Å². The summed E-state index contributed by atoms with van der Waals surface area (Å²) in [5, 5.41) is 9.68. The summed E-state index contributed by atoms with van der Waals surface area (Å²) in [6, 6.07) is 15.5. The Bertz CT molecular complexity index is 873. The summed E-state index contributed by atoms with van der Waals surface area (Å²) in [7, 11) is 0. The molecule has 1 aromatic heterocycles. The SMILES string of the molecule is CCn1c(SCCCOc2ccc(C=O)cc2)nnc1-c1ccc(C)cc1. The van der Waals surface area contributed by atoms with Gasteiger partial charge in [-0.25, -0.2) is 0 Å². The molecule has 27 heavy (non-hydrogen) atoms. The summed E-state index contributed by atoms with van der Waals surface area (Å²) in [6.07, 6.45) is 1.73. The summed E-state index contributed by atoms with van der Waals surface area (Å²) in [6.45, 7) is 5.64. The van der Waals surface area contributed by atoms with Crippen LogP contribution in [0.2, 0.25) is 0 Å². The topological polar surface area (TPSA) is 57.0 Å². The van der Waals surface area contributed by atoms with E-state index in [9.17, 15) is 4.79 Å². The predicted octanol–water partition coefficient (Wildman–Crippen LogP) is 4.65. The molecule has 0 aliphatic rings. The van der Waals surface area contributed by atoms with Crippen LogP contribution in [0.15, 0.2) is 53.7 Å². The molecule has 0 saturated heterocycles. The molecule has 0 fully saturated rings. The molecule has 0 spiro atoms. The van der Waals surface area contributed by atoms with E-state index in [4.69, 9.17) is 4.74 Å². The monoisotopic (exact) mass is 381 g/mol. The molecule has 0 aliphatic heterocycles. The van der Waals surface area contributed by atoms with E-state index in [2.05, 4.69) is 52.9 Å². The number of hydrogen-bond donors (Lipinski definition) is 0. The lowest BCUT2D eigenvalue weighted by atomic mass is 10.1. The lowest BCUT2D eigenvalue weighted by molar-refractivity contribution is 0.112.